The van der Waals surface area contributed by atoms with E-state index >= 15 is 0 Å². The maximum Gasteiger partial charge on any atom is 0.328 e. The third-order valence-corrected chi connectivity index (χ3v) is 4.92. The van der Waals surface area contributed by atoms with Crippen LogP contribution in [-0.4, -0.2) is 59.9 Å². The third kappa shape index (κ3) is 9.74. The van der Waals surface area contributed by atoms with Crippen molar-refractivity contribution >= 4 is 23.5 Å². The van der Waals surface area contributed by atoms with Crippen molar-refractivity contribution in [1.29, 1.82) is 5.26 Å². The molecule has 174 valence electrons. The topological polar surface area (TPSA) is 120 Å². The molecule has 8 nitrogen and oxygen atoms in total. The average molecular weight is 473 g/mol. The lowest BCUT2D eigenvalue weighted by atomic mass is 10.1. The van der Waals surface area contributed by atoms with E-state index in [1.165, 1.54) is 0 Å². The number of hydrogen-bond donors (Lipinski definition) is 2. The van der Waals surface area contributed by atoms with Gasteiger partial charge in [-0.2, -0.15) is 5.26 Å². The molecule has 1 heterocycles. The summed E-state index contributed by atoms with van der Waals surface area (Å²) in [6.07, 6.45) is 1.82. The Morgan fingerprint density at radius 2 is 1.76 bits per heavy atom. The van der Waals surface area contributed by atoms with Crippen LogP contribution in [0.4, 0.5) is 0 Å². The lowest BCUT2D eigenvalue weighted by Crippen LogP contribution is -2.37. The van der Waals surface area contributed by atoms with Gasteiger partial charge >= 0.3 is 11.9 Å². The number of morpholine rings is 1. The highest BCUT2D eigenvalue weighted by Gasteiger charge is 2.18. The highest BCUT2D eigenvalue weighted by Crippen LogP contribution is 2.30. The summed E-state index contributed by atoms with van der Waals surface area (Å²) in [5.41, 5.74) is 1.59. The van der Waals surface area contributed by atoms with Crippen LogP contribution in [0.3, 0.4) is 0 Å². The van der Waals surface area contributed by atoms with Crippen molar-refractivity contribution in [3.05, 3.63) is 76.8 Å². The van der Waals surface area contributed by atoms with E-state index in [2.05, 4.69) is 23.1 Å². The third-order valence-electron chi connectivity index (χ3n) is 4.68. The highest BCUT2D eigenvalue weighted by molar-refractivity contribution is 6.30. The summed E-state index contributed by atoms with van der Waals surface area (Å²) in [6, 6.07) is 17.4. The number of rotatable bonds is 8. The molecule has 0 bridgehead atoms. The van der Waals surface area contributed by atoms with E-state index in [9.17, 15) is 14.9 Å². The van der Waals surface area contributed by atoms with Crippen molar-refractivity contribution in [2.24, 2.45) is 0 Å². The van der Waals surface area contributed by atoms with Gasteiger partial charge in [-0.05, 0) is 17.7 Å². The first-order valence-corrected chi connectivity index (χ1v) is 10.6. The Hall–Kier alpha value is -3.38. The molecule has 0 saturated carbocycles. The number of carbonyl (C=O) groups is 2. The second-order valence-corrected chi connectivity index (χ2v) is 7.46. The lowest BCUT2D eigenvalue weighted by Gasteiger charge is -2.29. The van der Waals surface area contributed by atoms with Gasteiger partial charge < -0.3 is 19.7 Å². The molecule has 1 saturated heterocycles. The molecular formula is C24H25ClN2O6. The summed E-state index contributed by atoms with van der Waals surface area (Å²) in [4.78, 5) is 21.5. The van der Waals surface area contributed by atoms with Crippen LogP contribution in [0.5, 0.6) is 5.75 Å². The van der Waals surface area contributed by atoms with Gasteiger partial charge in [-0.1, -0.05) is 41.9 Å². The summed E-state index contributed by atoms with van der Waals surface area (Å²) < 4.78 is 11.6. The van der Waals surface area contributed by atoms with Gasteiger partial charge in [0.1, 0.15) is 17.9 Å². The maximum atomic E-state index is 9.55. The van der Waals surface area contributed by atoms with Gasteiger partial charge in [0.15, 0.2) is 0 Å². The minimum Gasteiger partial charge on any atom is -0.484 e. The fourth-order valence-electron chi connectivity index (χ4n) is 3.07. The minimum atomic E-state index is -1.26. The van der Waals surface area contributed by atoms with Crippen LogP contribution in [-0.2, 0) is 14.3 Å². The van der Waals surface area contributed by atoms with Crippen molar-refractivity contribution in [3.8, 4) is 11.8 Å². The molecule has 1 fully saturated rings. The first-order chi connectivity index (χ1) is 15.9. The number of aliphatic carboxylic acids is 2. The molecule has 0 amide bonds. The van der Waals surface area contributed by atoms with E-state index in [-0.39, 0.29) is 6.10 Å². The van der Waals surface area contributed by atoms with Crippen LogP contribution < -0.4 is 4.74 Å². The Balaban J connectivity index is 0.000000414. The lowest BCUT2D eigenvalue weighted by molar-refractivity contribution is -0.134. The van der Waals surface area contributed by atoms with Crippen LogP contribution in [0.1, 0.15) is 23.7 Å². The average Bonchev–Trinajstić information content (AvgIpc) is 2.82. The highest BCUT2D eigenvalue weighted by atomic mass is 35.5. The van der Waals surface area contributed by atoms with Gasteiger partial charge in [0.25, 0.3) is 0 Å². The van der Waals surface area contributed by atoms with Crippen molar-refractivity contribution in [1.82, 2.24) is 4.90 Å². The monoisotopic (exact) mass is 472 g/mol. The molecule has 9 heteroatoms. The van der Waals surface area contributed by atoms with Gasteiger partial charge in [-0.25, -0.2) is 9.59 Å². The standard InChI is InChI=1S/C20H21ClN2O2.C4H4O4/c21-18-7-6-17(15-22)20(14-18)25-19(16-4-2-1-3-5-16)8-9-23-10-12-24-13-11-23;5-3(6)1-2-4(7)8/h1-7,14,19H,8-13H2;1-2H,(H,5,6)(H,7,8)/t19-;/m1./s1. The van der Waals surface area contributed by atoms with E-state index in [0.717, 1.165) is 44.8 Å². The first-order valence-electron chi connectivity index (χ1n) is 10.2. The normalized spacial score (nSPS) is 14.5. The molecule has 0 spiro atoms. The van der Waals surface area contributed by atoms with Gasteiger partial charge in [-0.3, -0.25) is 4.90 Å². The number of carboxylic acids is 2. The predicted octanol–water partition coefficient (Wildman–Crippen LogP) is 3.77. The van der Waals surface area contributed by atoms with Crippen LogP contribution in [0, 0.1) is 11.3 Å². The summed E-state index contributed by atoms with van der Waals surface area (Å²) in [5.74, 6) is -1.98. The summed E-state index contributed by atoms with van der Waals surface area (Å²) in [6.45, 7) is 4.38. The predicted molar refractivity (Wildman–Crippen MR) is 122 cm³/mol. The van der Waals surface area contributed by atoms with E-state index in [4.69, 9.17) is 31.3 Å². The molecule has 3 rings (SSSR count). The maximum absolute atomic E-state index is 9.55. The van der Waals surface area contributed by atoms with Gasteiger partial charge in [0, 0.05) is 49.3 Å². The van der Waals surface area contributed by atoms with Gasteiger partial charge in [0.05, 0.1) is 18.8 Å². The second kappa shape index (κ2) is 13.9. The van der Waals surface area contributed by atoms with Crippen LogP contribution in [0.15, 0.2) is 60.7 Å². The minimum absolute atomic E-state index is 0.130. The number of benzene rings is 2. The van der Waals surface area contributed by atoms with E-state index < -0.39 is 11.9 Å². The fraction of sp³-hybridized carbons (Fsp3) is 0.292. The second-order valence-electron chi connectivity index (χ2n) is 7.02. The molecule has 0 aromatic heterocycles. The van der Waals surface area contributed by atoms with Crippen molar-refractivity contribution in [2.75, 3.05) is 32.8 Å². The van der Waals surface area contributed by atoms with Crippen LogP contribution in [0.25, 0.3) is 0 Å². The largest absolute Gasteiger partial charge is 0.484 e. The van der Waals surface area contributed by atoms with E-state index in [1.54, 1.807) is 18.2 Å². The SMILES string of the molecule is N#Cc1ccc(Cl)cc1O[C@H](CCN1CCOCC1)c1ccccc1.O=C(O)C=CC(=O)O. The van der Waals surface area contributed by atoms with Gasteiger partial charge in [-0.15, -0.1) is 0 Å². The summed E-state index contributed by atoms with van der Waals surface area (Å²) >= 11 is 6.09. The fourth-order valence-corrected chi connectivity index (χ4v) is 3.23. The number of nitriles is 1. The van der Waals surface area contributed by atoms with Crippen molar-refractivity contribution in [2.45, 2.75) is 12.5 Å². The van der Waals surface area contributed by atoms with Gasteiger partial charge in [0.2, 0.25) is 0 Å². The number of halogens is 1. The quantitative estimate of drug-likeness (QED) is 0.557. The summed E-state index contributed by atoms with van der Waals surface area (Å²) in [5, 5.41) is 25.5. The zero-order valence-electron chi connectivity index (χ0n) is 17.9. The number of ether oxygens (including phenoxy) is 2. The van der Waals surface area contributed by atoms with Crippen molar-refractivity contribution < 1.29 is 29.3 Å². The zero-order chi connectivity index (χ0) is 24.1. The Morgan fingerprint density at radius 3 is 2.33 bits per heavy atom. The Kier molecular flexibility index (Phi) is 10.9. The molecular weight excluding hydrogens is 448 g/mol. The Labute approximate surface area is 197 Å². The molecule has 33 heavy (non-hydrogen) atoms. The molecule has 2 N–H and O–H groups in total. The Bertz CT molecular complexity index is 968. The molecule has 0 aliphatic carbocycles. The van der Waals surface area contributed by atoms with E-state index in [0.29, 0.717) is 28.5 Å². The molecule has 1 aliphatic heterocycles. The number of carboxylic acid groups (broad SMARTS) is 2. The van der Waals surface area contributed by atoms with Crippen molar-refractivity contribution in [3.63, 3.8) is 0 Å². The molecule has 0 radical (unpaired) electrons. The number of nitrogens with zero attached hydrogens (tertiary/aromatic N) is 2. The van der Waals surface area contributed by atoms with Crippen LogP contribution in [0.2, 0.25) is 5.02 Å². The molecule has 1 aliphatic rings. The molecule has 0 unspecified atom stereocenters. The van der Waals surface area contributed by atoms with Crippen LogP contribution >= 0.6 is 11.6 Å². The zero-order valence-corrected chi connectivity index (χ0v) is 18.6. The molecule has 1 atom stereocenters. The number of hydrogen-bond acceptors (Lipinski definition) is 6. The summed E-state index contributed by atoms with van der Waals surface area (Å²) in [7, 11) is 0. The molecule has 2 aromatic rings. The molecule has 2 aromatic carbocycles. The Morgan fingerprint density at radius 1 is 1.12 bits per heavy atom. The first kappa shape index (κ1) is 25.9. The smallest absolute Gasteiger partial charge is 0.328 e. The van der Waals surface area contributed by atoms with E-state index in [1.807, 2.05) is 18.2 Å².